The van der Waals surface area contributed by atoms with E-state index in [1.165, 1.54) is 0 Å². The average molecular weight is 279 g/mol. The lowest BCUT2D eigenvalue weighted by Crippen LogP contribution is -2.34. The van der Waals surface area contributed by atoms with Crippen molar-refractivity contribution in [1.82, 2.24) is 10.3 Å². The van der Waals surface area contributed by atoms with E-state index in [1.807, 2.05) is 30.9 Å². The molecule has 2 rings (SSSR count). The quantitative estimate of drug-likeness (QED) is 0.889. The molecule has 0 bridgehead atoms. The van der Waals surface area contributed by atoms with E-state index >= 15 is 0 Å². The first kappa shape index (κ1) is 14.2. The van der Waals surface area contributed by atoms with Crippen LogP contribution >= 0.6 is 11.8 Å². The van der Waals surface area contributed by atoms with E-state index in [9.17, 15) is 4.79 Å². The van der Waals surface area contributed by atoms with Crippen LogP contribution < -0.4 is 10.6 Å². The zero-order valence-electron chi connectivity index (χ0n) is 11.7. The highest BCUT2D eigenvalue weighted by molar-refractivity contribution is 7.99. The Kier molecular flexibility index (Phi) is 4.69. The molecule has 1 amide bonds. The zero-order chi connectivity index (χ0) is 13.8. The second-order valence-electron chi connectivity index (χ2n) is 5.10. The summed E-state index contributed by atoms with van der Waals surface area (Å²) < 4.78 is 0. The Bertz CT molecular complexity index is 456. The Labute approximate surface area is 118 Å². The second kappa shape index (κ2) is 6.28. The van der Waals surface area contributed by atoms with Crippen LogP contribution in [0.1, 0.15) is 42.2 Å². The molecule has 2 N–H and O–H groups in total. The summed E-state index contributed by atoms with van der Waals surface area (Å²) in [6, 6.07) is 4.01. The van der Waals surface area contributed by atoms with Crippen molar-refractivity contribution >= 4 is 23.5 Å². The van der Waals surface area contributed by atoms with Crippen molar-refractivity contribution in [2.45, 2.75) is 32.2 Å². The van der Waals surface area contributed by atoms with Gasteiger partial charge in [-0.25, -0.2) is 4.98 Å². The number of carbonyl (C=O) groups excluding carboxylic acids is 1. The molecule has 1 atom stereocenters. The molecule has 1 aromatic heterocycles. The summed E-state index contributed by atoms with van der Waals surface area (Å²) in [5, 5.41) is 6.11. The summed E-state index contributed by atoms with van der Waals surface area (Å²) in [6.07, 6.45) is 1.07. The van der Waals surface area contributed by atoms with E-state index in [0.717, 1.165) is 29.4 Å². The number of thioether (sulfide) groups is 1. The van der Waals surface area contributed by atoms with E-state index in [2.05, 4.69) is 29.5 Å². The molecule has 1 aliphatic heterocycles. The van der Waals surface area contributed by atoms with Crippen molar-refractivity contribution in [3.05, 3.63) is 23.4 Å². The average Bonchev–Trinajstić information content (AvgIpc) is 2.90. The summed E-state index contributed by atoms with van der Waals surface area (Å²) in [5.74, 6) is 3.22. The first-order valence-electron chi connectivity index (χ1n) is 6.68. The summed E-state index contributed by atoms with van der Waals surface area (Å²) in [5.41, 5.74) is 1.64. The Hall–Kier alpha value is -1.23. The summed E-state index contributed by atoms with van der Waals surface area (Å²) in [6.45, 7) is 4.16. The number of hydrogen-bond acceptors (Lipinski definition) is 4. The van der Waals surface area contributed by atoms with Gasteiger partial charge in [0.25, 0.3) is 5.91 Å². The minimum atomic E-state index is 0.00769. The Morgan fingerprint density at radius 1 is 1.47 bits per heavy atom. The number of anilines is 1. The smallest absolute Gasteiger partial charge is 0.251 e. The number of hydrogen-bond donors (Lipinski definition) is 2. The number of aromatic nitrogens is 1. The normalized spacial score (nSPS) is 18.6. The Morgan fingerprint density at radius 2 is 2.26 bits per heavy atom. The lowest BCUT2D eigenvalue weighted by Gasteiger charge is -2.14. The van der Waals surface area contributed by atoms with E-state index in [4.69, 9.17) is 0 Å². The molecule has 2 heterocycles. The molecule has 0 spiro atoms. The van der Waals surface area contributed by atoms with Crippen LogP contribution in [0, 0.1) is 0 Å². The minimum Gasteiger partial charge on any atom is -0.373 e. The fourth-order valence-electron chi connectivity index (χ4n) is 2.02. The van der Waals surface area contributed by atoms with Crippen molar-refractivity contribution in [2.75, 3.05) is 23.9 Å². The van der Waals surface area contributed by atoms with Crippen molar-refractivity contribution in [3.8, 4) is 0 Å². The van der Waals surface area contributed by atoms with Gasteiger partial charge in [0.15, 0.2) is 0 Å². The third kappa shape index (κ3) is 3.62. The van der Waals surface area contributed by atoms with Crippen LogP contribution in [0.3, 0.4) is 0 Å². The van der Waals surface area contributed by atoms with Crippen LogP contribution in [0.2, 0.25) is 0 Å². The van der Waals surface area contributed by atoms with Gasteiger partial charge < -0.3 is 10.6 Å². The van der Waals surface area contributed by atoms with Crippen molar-refractivity contribution in [1.29, 1.82) is 0 Å². The third-order valence-electron chi connectivity index (χ3n) is 3.22. The predicted molar refractivity (Wildman–Crippen MR) is 81.1 cm³/mol. The molecule has 1 aliphatic rings. The van der Waals surface area contributed by atoms with E-state index in [1.54, 1.807) is 0 Å². The van der Waals surface area contributed by atoms with Crippen molar-refractivity contribution in [3.63, 3.8) is 0 Å². The molecule has 104 valence electrons. The topological polar surface area (TPSA) is 54.0 Å². The second-order valence-corrected chi connectivity index (χ2v) is 6.25. The number of carbonyl (C=O) groups is 1. The third-order valence-corrected chi connectivity index (χ3v) is 4.38. The molecule has 5 heteroatoms. The van der Waals surface area contributed by atoms with Gasteiger partial charge in [-0.3, -0.25) is 4.79 Å². The number of pyridine rings is 1. The lowest BCUT2D eigenvalue weighted by atomic mass is 10.1. The van der Waals surface area contributed by atoms with Gasteiger partial charge in [-0.2, -0.15) is 11.8 Å². The van der Waals surface area contributed by atoms with Crippen molar-refractivity contribution < 1.29 is 4.79 Å². The van der Waals surface area contributed by atoms with Gasteiger partial charge in [-0.1, -0.05) is 13.8 Å². The van der Waals surface area contributed by atoms with Gasteiger partial charge in [-0.05, 0) is 30.2 Å². The van der Waals surface area contributed by atoms with Gasteiger partial charge in [-0.15, -0.1) is 0 Å². The highest BCUT2D eigenvalue weighted by Gasteiger charge is 2.19. The number of nitrogens with one attached hydrogen (secondary N) is 2. The maximum atomic E-state index is 12.3. The summed E-state index contributed by atoms with van der Waals surface area (Å²) >= 11 is 1.90. The van der Waals surface area contributed by atoms with Gasteiger partial charge in [0, 0.05) is 30.1 Å². The molecule has 19 heavy (non-hydrogen) atoms. The lowest BCUT2D eigenvalue weighted by molar-refractivity contribution is 0.0941. The fraction of sp³-hybridized carbons (Fsp3) is 0.571. The molecule has 0 radical (unpaired) electrons. The van der Waals surface area contributed by atoms with Gasteiger partial charge in [0.1, 0.15) is 5.82 Å². The van der Waals surface area contributed by atoms with Crippen LogP contribution in [0.5, 0.6) is 0 Å². The number of amides is 1. The van der Waals surface area contributed by atoms with Crippen LogP contribution in [-0.4, -0.2) is 35.5 Å². The SMILES string of the molecule is CNc1cc(C(=O)NC2CCSC2)cc(C(C)C)n1. The maximum absolute atomic E-state index is 12.3. The molecule has 0 aromatic carbocycles. The molecule has 1 saturated heterocycles. The standard InChI is InChI=1S/C14H21N3OS/c1-9(2)12-6-10(7-13(15-3)17-12)14(18)16-11-4-5-19-8-11/h6-7,9,11H,4-5,8H2,1-3H3,(H,15,17)(H,16,18). The molecule has 4 nitrogen and oxygen atoms in total. The van der Waals surface area contributed by atoms with Crippen molar-refractivity contribution in [2.24, 2.45) is 0 Å². The van der Waals surface area contributed by atoms with Gasteiger partial charge in [0.2, 0.25) is 0 Å². The monoisotopic (exact) mass is 279 g/mol. The molecule has 1 fully saturated rings. The van der Waals surface area contributed by atoms with Crippen LogP contribution in [0.15, 0.2) is 12.1 Å². The summed E-state index contributed by atoms with van der Waals surface area (Å²) in [4.78, 5) is 16.7. The van der Waals surface area contributed by atoms with Crippen LogP contribution in [0.4, 0.5) is 5.82 Å². The maximum Gasteiger partial charge on any atom is 0.251 e. The van der Waals surface area contributed by atoms with E-state index in [-0.39, 0.29) is 5.91 Å². The molecule has 0 aliphatic carbocycles. The summed E-state index contributed by atoms with van der Waals surface area (Å²) in [7, 11) is 1.82. The predicted octanol–water partition coefficient (Wildman–Crippen LogP) is 2.48. The Morgan fingerprint density at radius 3 is 2.84 bits per heavy atom. The number of rotatable bonds is 4. The van der Waals surface area contributed by atoms with Crippen LogP contribution in [0.25, 0.3) is 0 Å². The highest BCUT2D eigenvalue weighted by Crippen LogP contribution is 2.20. The molecule has 0 saturated carbocycles. The first-order chi connectivity index (χ1) is 9.10. The van der Waals surface area contributed by atoms with E-state index < -0.39 is 0 Å². The van der Waals surface area contributed by atoms with Crippen LogP contribution in [-0.2, 0) is 0 Å². The fourth-order valence-corrected chi connectivity index (χ4v) is 3.18. The largest absolute Gasteiger partial charge is 0.373 e. The van der Waals surface area contributed by atoms with Gasteiger partial charge in [0.05, 0.1) is 0 Å². The minimum absolute atomic E-state index is 0.00769. The number of nitrogens with zero attached hydrogens (tertiary/aromatic N) is 1. The van der Waals surface area contributed by atoms with E-state index in [0.29, 0.717) is 17.5 Å². The molecular formula is C14H21N3OS. The first-order valence-corrected chi connectivity index (χ1v) is 7.84. The van der Waals surface area contributed by atoms with Gasteiger partial charge >= 0.3 is 0 Å². The highest BCUT2D eigenvalue weighted by atomic mass is 32.2. The molecule has 1 unspecified atom stereocenters. The zero-order valence-corrected chi connectivity index (χ0v) is 12.5. The molecule has 1 aromatic rings. The Balaban J connectivity index is 2.17. The molecular weight excluding hydrogens is 258 g/mol.